The van der Waals surface area contributed by atoms with Crippen molar-refractivity contribution in [3.63, 3.8) is 0 Å². The van der Waals surface area contributed by atoms with E-state index in [1.54, 1.807) is 39.1 Å². The Morgan fingerprint density at radius 2 is 2.00 bits per heavy atom. The van der Waals surface area contributed by atoms with Gasteiger partial charge in [-0.15, -0.1) is 11.3 Å². The van der Waals surface area contributed by atoms with Gasteiger partial charge in [0.05, 0.1) is 19.2 Å². The third-order valence-corrected chi connectivity index (χ3v) is 5.58. The van der Waals surface area contributed by atoms with Crippen LogP contribution in [-0.4, -0.2) is 60.0 Å². The summed E-state index contributed by atoms with van der Waals surface area (Å²) >= 11 is 1.48. The van der Waals surface area contributed by atoms with Crippen LogP contribution in [0, 0.1) is 6.92 Å². The maximum Gasteiger partial charge on any atom is 0.410 e. The normalized spacial score (nSPS) is 19.1. The third kappa shape index (κ3) is 5.94. The molecular formula is C22H27FN2O5S. The number of halogens is 1. The Kier molecular flexibility index (Phi) is 6.83. The Labute approximate surface area is 185 Å². The van der Waals surface area contributed by atoms with Gasteiger partial charge in [0.15, 0.2) is 6.17 Å². The summed E-state index contributed by atoms with van der Waals surface area (Å²) in [4.78, 5) is 31.1. The smallest absolute Gasteiger partial charge is 0.410 e. The van der Waals surface area contributed by atoms with Gasteiger partial charge < -0.3 is 19.1 Å². The Hall–Kier alpha value is -2.68. The van der Waals surface area contributed by atoms with Crippen LogP contribution in [0.4, 0.5) is 9.18 Å². The first-order valence-electron chi connectivity index (χ1n) is 10.0. The average Bonchev–Trinajstić information content (AvgIpc) is 3.13. The Morgan fingerprint density at radius 3 is 2.58 bits per heavy atom. The van der Waals surface area contributed by atoms with Crippen molar-refractivity contribution < 1.29 is 28.2 Å². The highest BCUT2D eigenvalue weighted by Gasteiger charge is 2.35. The number of carbonyl (C=O) groups excluding carboxylic acids is 2. The Balaban J connectivity index is 1.76. The number of benzene rings is 1. The van der Waals surface area contributed by atoms with Gasteiger partial charge in [0.2, 0.25) is 0 Å². The lowest BCUT2D eigenvalue weighted by Crippen LogP contribution is -2.50. The lowest BCUT2D eigenvalue weighted by atomic mass is 10.1. The SMILES string of the molecule is COC(=O)c1cc(OC2CCN(C(=O)OC(C)(C)C)CC2F)cc(-c2ncc(C)s2)c1. The lowest BCUT2D eigenvalue weighted by Gasteiger charge is -2.35. The predicted octanol–water partition coefficient (Wildman–Crippen LogP) is 4.63. The van der Waals surface area contributed by atoms with Crippen molar-refractivity contribution >= 4 is 23.4 Å². The van der Waals surface area contributed by atoms with Crippen molar-refractivity contribution in [1.29, 1.82) is 0 Å². The number of amides is 1. The molecule has 2 atom stereocenters. The zero-order valence-corrected chi connectivity index (χ0v) is 19.1. The van der Waals surface area contributed by atoms with Crippen molar-refractivity contribution in [3.8, 4) is 16.3 Å². The van der Waals surface area contributed by atoms with E-state index in [9.17, 15) is 14.0 Å². The Morgan fingerprint density at radius 1 is 1.26 bits per heavy atom. The summed E-state index contributed by atoms with van der Waals surface area (Å²) in [5.41, 5.74) is 0.344. The number of likely N-dealkylation sites (tertiary alicyclic amines) is 1. The van der Waals surface area contributed by atoms with E-state index in [0.29, 0.717) is 29.8 Å². The first kappa shape index (κ1) is 23.0. The fraction of sp³-hybridized carbons (Fsp3) is 0.500. The third-order valence-electron chi connectivity index (χ3n) is 4.62. The highest BCUT2D eigenvalue weighted by molar-refractivity contribution is 7.14. The number of thiazole rings is 1. The zero-order valence-electron chi connectivity index (χ0n) is 18.3. The molecule has 0 radical (unpaired) electrons. The molecule has 0 spiro atoms. The van der Waals surface area contributed by atoms with E-state index in [2.05, 4.69) is 4.98 Å². The van der Waals surface area contributed by atoms with E-state index in [1.807, 2.05) is 6.92 Å². The molecule has 31 heavy (non-hydrogen) atoms. The minimum absolute atomic E-state index is 0.116. The summed E-state index contributed by atoms with van der Waals surface area (Å²) in [5, 5.41) is 0.727. The number of hydrogen-bond acceptors (Lipinski definition) is 7. The van der Waals surface area contributed by atoms with Crippen LogP contribution in [0.5, 0.6) is 5.75 Å². The van der Waals surface area contributed by atoms with Crippen LogP contribution >= 0.6 is 11.3 Å². The van der Waals surface area contributed by atoms with E-state index in [0.717, 1.165) is 9.88 Å². The number of alkyl halides is 1. The minimum Gasteiger partial charge on any atom is -0.487 e. The summed E-state index contributed by atoms with van der Waals surface area (Å²) in [6.45, 7) is 7.44. The molecule has 1 saturated heterocycles. The molecule has 3 rings (SSSR count). The number of nitrogens with zero attached hydrogens (tertiary/aromatic N) is 2. The maximum absolute atomic E-state index is 14.9. The van der Waals surface area contributed by atoms with Crippen molar-refractivity contribution in [3.05, 3.63) is 34.8 Å². The number of methoxy groups -OCH3 is 1. The fourth-order valence-corrected chi connectivity index (χ4v) is 3.95. The minimum atomic E-state index is -1.39. The number of aryl methyl sites for hydroxylation is 1. The van der Waals surface area contributed by atoms with E-state index in [-0.39, 0.29) is 6.54 Å². The second-order valence-electron chi connectivity index (χ2n) is 8.40. The van der Waals surface area contributed by atoms with Gasteiger partial charge in [0.1, 0.15) is 22.5 Å². The summed E-state index contributed by atoms with van der Waals surface area (Å²) < 4.78 is 30.9. The van der Waals surface area contributed by atoms with Gasteiger partial charge in [-0.1, -0.05) is 0 Å². The van der Waals surface area contributed by atoms with Gasteiger partial charge in [0, 0.05) is 29.6 Å². The molecule has 2 aromatic rings. The number of ether oxygens (including phenoxy) is 3. The van der Waals surface area contributed by atoms with E-state index >= 15 is 0 Å². The quantitative estimate of drug-likeness (QED) is 0.632. The molecule has 1 aliphatic heterocycles. The number of carbonyl (C=O) groups is 2. The highest BCUT2D eigenvalue weighted by atomic mass is 32.1. The summed E-state index contributed by atoms with van der Waals surface area (Å²) in [6.07, 6.45) is -0.641. The van der Waals surface area contributed by atoms with Gasteiger partial charge in [-0.2, -0.15) is 0 Å². The highest BCUT2D eigenvalue weighted by Crippen LogP contribution is 2.31. The van der Waals surface area contributed by atoms with Crippen LogP contribution in [0.15, 0.2) is 24.4 Å². The average molecular weight is 451 g/mol. The summed E-state index contributed by atoms with van der Waals surface area (Å²) in [5.74, 6) is -0.166. The molecule has 1 aliphatic rings. The molecule has 7 nitrogen and oxygen atoms in total. The van der Waals surface area contributed by atoms with Crippen LogP contribution in [0.1, 0.15) is 42.4 Å². The molecule has 2 heterocycles. The van der Waals surface area contributed by atoms with E-state index in [4.69, 9.17) is 14.2 Å². The second kappa shape index (κ2) is 9.21. The standard InChI is InChI=1S/C22H27FN2O5S/c1-13-11-24-19(31-13)14-8-15(20(26)28-5)10-16(9-14)29-18-6-7-25(12-17(18)23)21(27)30-22(2,3)4/h8-11,17-18H,6-7,12H2,1-5H3. The van der Waals surface area contributed by atoms with Crippen LogP contribution in [0.2, 0.25) is 0 Å². The first-order chi connectivity index (χ1) is 14.6. The molecule has 2 unspecified atom stereocenters. The number of aromatic nitrogens is 1. The first-order valence-corrected chi connectivity index (χ1v) is 10.8. The molecule has 1 amide bonds. The van der Waals surface area contributed by atoms with Gasteiger partial charge in [-0.05, 0) is 45.9 Å². The van der Waals surface area contributed by atoms with E-state index in [1.165, 1.54) is 29.4 Å². The van der Waals surface area contributed by atoms with Crippen LogP contribution in [-0.2, 0) is 9.47 Å². The Bertz CT molecular complexity index is 956. The van der Waals surface area contributed by atoms with Crippen molar-refractivity contribution in [2.45, 2.75) is 52.0 Å². The molecule has 1 aromatic heterocycles. The zero-order chi connectivity index (χ0) is 22.8. The molecule has 9 heteroatoms. The second-order valence-corrected chi connectivity index (χ2v) is 9.64. The summed E-state index contributed by atoms with van der Waals surface area (Å²) in [6, 6.07) is 4.94. The van der Waals surface area contributed by atoms with Gasteiger partial charge in [0.25, 0.3) is 0 Å². The van der Waals surface area contributed by atoms with Crippen LogP contribution < -0.4 is 4.74 Å². The van der Waals surface area contributed by atoms with Crippen molar-refractivity contribution in [2.24, 2.45) is 0 Å². The lowest BCUT2D eigenvalue weighted by molar-refractivity contribution is -0.0105. The fourth-order valence-electron chi connectivity index (χ4n) is 3.20. The van der Waals surface area contributed by atoms with Crippen molar-refractivity contribution in [1.82, 2.24) is 9.88 Å². The molecular weight excluding hydrogens is 423 g/mol. The summed E-state index contributed by atoms with van der Waals surface area (Å²) in [7, 11) is 1.30. The largest absolute Gasteiger partial charge is 0.487 e. The molecule has 0 N–H and O–H groups in total. The number of piperidine rings is 1. The molecule has 1 aromatic carbocycles. The number of esters is 1. The monoisotopic (exact) mass is 450 g/mol. The topological polar surface area (TPSA) is 78.0 Å². The molecule has 0 saturated carbocycles. The number of rotatable bonds is 4. The number of hydrogen-bond donors (Lipinski definition) is 0. The molecule has 168 valence electrons. The maximum atomic E-state index is 14.9. The van der Waals surface area contributed by atoms with Gasteiger partial charge >= 0.3 is 12.1 Å². The van der Waals surface area contributed by atoms with Crippen LogP contribution in [0.25, 0.3) is 10.6 Å². The van der Waals surface area contributed by atoms with Crippen molar-refractivity contribution in [2.75, 3.05) is 20.2 Å². The van der Waals surface area contributed by atoms with E-state index < -0.39 is 29.9 Å². The predicted molar refractivity (Wildman–Crippen MR) is 115 cm³/mol. The molecule has 0 bridgehead atoms. The van der Waals surface area contributed by atoms with Crippen LogP contribution in [0.3, 0.4) is 0 Å². The van der Waals surface area contributed by atoms with Gasteiger partial charge in [-0.3, -0.25) is 0 Å². The molecule has 0 aliphatic carbocycles. The van der Waals surface area contributed by atoms with Gasteiger partial charge in [-0.25, -0.2) is 19.0 Å². The molecule has 1 fully saturated rings.